The van der Waals surface area contributed by atoms with Gasteiger partial charge in [0.15, 0.2) is 0 Å². The quantitative estimate of drug-likeness (QED) is 0.684. The van der Waals surface area contributed by atoms with Gasteiger partial charge < -0.3 is 5.32 Å². The number of amides is 1. The van der Waals surface area contributed by atoms with Gasteiger partial charge >= 0.3 is 0 Å². The molecule has 0 aromatic heterocycles. The number of nitrogens with one attached hydrogen (secondary N) is 1. The summed E-state index contributed by atoms with van der Waals surface area (Å²) < 4.78 is 0. The van der Waals surface area contributed by atoms with Gasteiger partial charge in [-0.05, 0) is 44.0 Å². The van der Waals surface area contributed by atoms with E-state index < -0.39 is 11.7 Å². The van der Waals surface area contributed by atoms with E-state index in [1.807, 2.05) is 51.1 Å². The van der Waals surface area contributed by atoms with Gasteiger partial charge in [-0.1, -0.05) is 35.9 Å². The number of Topliss-reactive ketones (excluding diaryl/α,β-unsaturated/α-hetero) is 1. The molecule has 0 radical (unpaired) electrons. The summed E-state index contributed by atoms with van der Waals surface area (Å²) in [6, 6.07) is 12.8. The standard InChI is InChI=1S/C17H17NO2/c1-11-9-12(2)15(13(3)10-11)16(19)17(20)18-14-7-5-4-6-8-14/h4-10H,1-3H3,(H,18,20). The highest BCUT2D eigenvalue weighted by Crippen LogP contribution is 2.18. The Labute approximate surface area is 118 Å². The maximum atomic E-state index is 12.3. The third-order valence-corrected chi connectivity index (χ3v) is 3.14. The number of para-hydroxylation sites is 1. The van der Waals surface area contributed by atoms with Crippen LogP contribution in [0.25, 0.3) is 0 Å². The van der Waals surface area contributed by atoms with E-state index in [1.54, 1.807) is 12.1 Å². The van der Waals surface area contributed by atoms with Gasteiger partial charge in [-0.25, -0.2) is 0 Å². The van der Waals surface area contributed by atoms with Crippen LogP contribution in [-0.2, 0) is 4.79 Å². The van der Waals surface area contributed by atoms with Crippen molar-refractivity contribution in [1.82, 2.24) is 0 Å². The molecule has 2 aromatic carbocycles. The molecule has 0 spiro atoms. The van der Waals surface area contributed by atoms with Gasteiger partial charge in [-0.2, -0.15) is 0 Å². The molecule has 3 heteroatoms. The minimum Gasteiger partial charge on any atom is -0.319 e. The zero-order valence-corrected chi connectivity index (χ0v) is 11.9. The summed E-state index contributed by atoms with van der Waals surface area (Å²) in [6.45, 7) is 5.67. The van der Waals surface area contributed by atoms with Crippen LogP contribution in [0.4, 0.5) is 5.69 Å². The largest absolute Gasteiger partial charge is 0.319 e. The molecule has 0 saturated heterocycles. The Kier molecular flexibility index (Phi) is 3.99. The number of hydrogen-bond donors (Lipinski definition) is 1. The number of hydrogen-bond acceptors (Lipinski definition) is 2. The second-order valence-corrected chi connectivity index (χ2v) is 4.92. The predicted octanol–water partition coefficient (Wildman–Crippen LogP) is 3.43. The zero-order valence-electron chi connectivity index (χ0n) is 11.9. The lowest BCUT2D eigenvalue weighted by Crippen LogP contribution is -2.24. The molecule has 20 heavy (non-hydrogen) atoms. The summed E-state index contributed by atoms with van der Waals surface area (Å²) in [4.78, 5) is 24.3. The van der Waals surface area contributed by atoms with Crippen molar-refractivity contribution in [2.75, 3.05) is 5.32 Å². The maximum absolute atomic E-state index is 12.3. The van der Waals surface area contributed by atoms with Crippen LogP contribution in [0.2, 0.25) is 0 Å². The average molecular weight is 267 g/mol. The SMILES string of the molecule is Cc1cc(C)c(C(=O)C(=O)Nc2ccccc2)c(C)c1. The Morgan fingerprint density at radius 2 is 1.45 bits per heavy atom. The van der Waals surface area contributed by atoms with E-state index in [0.717, 1.165) is 16.7 Å². The van der Waals surface area contributed by atoms with Crippen LogP contribution in [0.3, 0.4) is 0 Å². The fourth-order valence-electron chi connectivity index (χ4n) is 2.36. The van der Waals surface area contributed by atoms with E-state index >= 15 is 0 Å². The highest BCUT2D eigenvalue weighted by atomic mass is 16.2. The van der Waals surface area contributed by atoms with Crippen LogP contribution in [0.1, 0.15) is 27.0 Å². The van der Waals surface area contributed by atoms with Crippen LogP contribution >= 0.6 is 0 Å². The monoisotopic (exact) mass is 267 g/mol. The Bertz CT molecular complexity index is 637. The third-order valence-electron chi connectivity index (χ3n) is 3.14. The van der Waals surface area contributed by atoms with Crippen molar-refractivity contribution in [2.24, 2.45) is 0 Å². The van der Waals surface area contributed by atoms with Crippen molar-refractivity contribution in [3.8, 4) is 0 Å². The number of benzene rings is 2. The lowest BCUT2D eigenvalue weighted by atomic mass is 9.96. The summed E-state index contributed by atoms with van der Waals surface area (Å²) in [5.74, 6) is -1.10. The highest BCUT2D eigenvalue weighted by Gasteiger charge is 2.20. The Balaban J connectivity index is 2.26. The Morgan fingerprint density at radius 1 is 0.900 bits per heavy atom. The van der Waals surface area contributed by atoms with Gasteiger partial charge in [0.05, 0.1) is 0 Å². The molecule has 3 nitrogen and oxygen atoms in total. The number of carbonyl (C=O) groups excluding carboxylic acids is 2. The molecule has 0 saturated carbocycles. The number of anilines is 1. The fourth-order valence-corrected chi connectivity index (χ4v) is 2.36. The van der Waals surface area contributed by atoms with Crippen molar-refractivity contribution < 1.29 is 9.59 Å². The van der Waals surface area contributed by atoms with Crippen molar-refractivity contribution in [1.29, 1.82) is 0 Å². The smallest absolute Gasteiger partial charge is 0.296 e. The first-order valence-corrected chi connectivity index (χ1v) is 6.47. The summed E-state index contributed by atoms with van der Waals surface area (Å²) in [5.41, 5.74) is 3.85. The predicted molar refractivity (Wildman–Crippen MR) is 80.1 cm³/mol. The molecule has 0 aliphatic rings. The second-order valence-electron chi connectivity index (χ2n) is 4.92. The summed E-state index contributed by atoms with van der Waals surface area (Å²) in [6.07, 6.45) is 0. The first-order chi connectivity index (χ1) is 9.49. The van der Waals surface area contributed by atoms with Crippen molar-refractivity contribution in [3.63, 3.8) is 0 Å². The van der Waals surface area contributed by atoms with E-state index in [2.05, 4.69) is 5.32 Å². The zero-order chi connectivity index (χ0) is 14.7. The van der Waals surface area contributed by atoms with E-state index in [0.29, 0.717) is 11.3 Å². The van der Waals surface area contributed by atoms with E-state index in [4.69, 9.17) is 0 Å². The molecule has 0 aliphatic carbocycles. The minimum absolute atomic E-state index is 0.490. The number of aryl methyl sites for hydroxylation is 3. The molecule has 0 fully saturated rings. The third kappa shape index (κ3) is 2.94. The molecular weight excluding hydrogens is 250 g/mol. The molecule has 0 atom stereocenters. The highest BCUT2D eigenvalue weighted by molar-refractivity contribution is 6.47. The molecule has 2 aromatic rings. The van der Waals surface area contributed by atoms with Crippen LogP contribution in [0, 0.1) is 20.8 Å². The second kappa shape index (κ2) is 5.70. The fraction of sp³-hybridized carbons (Fsp3) is 0.176. The van der Waals surface area contributed by atoms with E-state index in [-0.39, 0.29) is 0 Å². The average Bonchev–Trinajstić information content (AvgIpc) is 2.38. The number of ketones is 1. The molecular formula is C17H17NO2. The van der Waals surface area contributed by atoms with Crippen LogP contribution in [0.15, 0.2) is 42.5 Å². The molecule has 0 bridgehead atoms. The van der Waals surface area contributed by atoms with Crippen LogP contribution < -0.4 is 5.32 Å². The van der Waals surface area contributed by atoms with Crippen LogP contribution in [0.5, 0.6) is 0 Å². The van der Waals surface area contributed by atoms with Gasteiger partial charge in [0, 0.05) is 11.3 Å². The molecule has 2 rings (SSSR count). The van der Waals surface area contributed by atoms with Gasteiger partial charge in [0.25, 0.3) is 11.7 Å². The van der Waals surface area contributed by atoms with Crippen LogP contribution in [-0.4, -0.2) is 11.7 Å². The molecule has 1 N–H and O–H groups in total. The molecule has 0 aliphatic heterocycles. The van der Waals surface area contributed by atoms with Gasteiger partial charge in [-0.3, -0.25) is 9.59 Å². The first kappa shape index (κ1) is 14.0. The van der Waals surface area contributed by atoms with Crippen molar-refractivity contribution in [3.05, 3.63) is 64.7 Å². The Morgan fingerprint density at radius 3 is 2.00 bits per heavy atom. The summed E-state index contributed by atoms with van der Waals surface area (Å²) in [7, 11) is 0. The summed E-state index contributed by atoms with van der Waals surface area (Å²) in [5, 5.41) is 2.62. The first-order valence-electron chi connectivity index (χ1n) is 6.47. The number of carbonyl (C=O) groups is 2. The molecule has 0 unspecified atom stereocenters. The normalized spacial score (nSPS) is 10.2. The Hall–Kier alpha value is -2.42. The topological polar surface area (TPSA) is 46.2 Å². The maximum Gasteiger partial charge on any atom is 0.296 e. The lowest BCUT2D eigenvalue weighted by molar-refractivity contribution is -0.112. The molecule has 1 amide bonds. The minimum atomic E-state index is -0.605. The molecule has 102 valence electrons. The molecule has 0 heterocycles. The van der Waals surface area contributed by atoms with E-state index in [1.165, 1.54) is 0 Å². The summed E-state index contributed by atoms with van der Waals surface area (Å²) >= 11 is 0. The van der Waals surface area contributed by atoms with E-state index in [9.17, 15) is 9.59 Å². The van der Waals surface area contributed by atoms with Gasteiger partial charge in [-0.15, -0.1) is 0 Å². The van der Waals surface area contributed by atoms with Crippen molar-refractivity contribution in [2.45, 2.75) is 20.8 Å². The van der Waals surface area contributed by atoms with Gasteiger partial charge in [0.2, 0.25) is 0 Å². The van der Waals surface area contributed by atoms with Crippen molar-refractivity contribution >= 4 is 17.4 Å². The number of rotatable bonds is 3. The lowest BCUT2D eigenvalue weighted by Gasteiger charge is -2.10. The van der Waals surface area contributed by atoms with Gasteiger partial charge in [0.1, 0.15) is 0 Å².